The molecule has 0 bridgehead atoms. The largest absolute Gasteiger partial charge is 0.391 e. The summed E-state index contributed by atoms with van der Waals surface area (Å²) in [7, 11) is 0. The van der Waals surface area contributed by atoms with E-state index in [0.717, 1.165) is 6.04 Å². The van der Waals surface area contributed by atoms with E-state index in [0.29, 0.717) is 6.04 Å². The maximum atomic E-state index is 10.5. The number of hydrogen-bond donors (Lipinski definition) is 1. The number of hydrogen-bond acceptors (Lipinski definition) is 3. The molecule has 1 saturated carbocycles. The first-order valence-electron chi connectivity index (χ1n) is 7.74. The quantitative estimate of drug-likeness (QED) is 0.769. The molecule has 0 amide bonds. The molecule has 18 heavy (non-hydrogen) atoms. The van der Waals surface area contributed by atoms with Crippen molar-refractivity contribution in [2.75, 3.05) is 26.2 Å². The van der Waals surface area contributed by atoms with Gasteiger partial charge in [-0.05, 0) is 57.2 Å². The molecule has 1 N–H and O–H groups in total. The van der Waals surface area contributed by atoms with Crippen LogP contribution in [0.3, 0.4) is 0 Å². The lowest BCUT2D eigenvalue weighted by Gasteiger charge is -2.35. The lowest BCUT2D eigenvalue weighted by Crippen LogP contribution is -2.47. The number of fused-ring (bicyclic) bond motifs is 1. The molecular formula is C15H28N2O. The van der Waals surface area contributed by atoms with Gasteiger partial charge < -0.3 is 5.11 Å². The van der Waals surface area contributed by atoms with Gasteiger partial charge in [-0.2, -0.15) is 0 Å². The van der Waals surface area contributed by atoms with Crippen LogP contribution >= 0.6 is 0 Å². The molecule has 104 valence electrons. The highest BCUT2D eigenvalue weighted by Crippen LogP contribution is 2.40. The van der Waals surface area contributed by atoms with E-state index >= 15 is 0 Å². The third-order valence-electron chi connectivity index (χ3n) is 5.55. The Morgan fingerprint density at radius 3 is 2.44 bits per heavy atom. The van der Waals surface area contributed by atoms with E-state index in [9.17, 15) is 5.11 Å². The first-order valence-corrected chi connectivity index (χ1v) is 7.74. The second-order valence-corrected chi connectivity index (χ2v) is 7.22. The molecule has 0 aromatic carbocycles. The summed E-state index contributed by atoms with van der Waals surface area (Å²) in [6.07, 6.45) is 6.23. The Bertz CT molecular complexity index is 305. The van der Waals surface area contributed by atoms with Crippen LogP contribution in [0.25, 0.3) is 0 Å². The molecule has 3 aliphatic rings. The molecule has 3 heteroatoms. The van der Waals surface area contributed by atoms with Crippen molar-refractivity contribution in [3.63, 3.8) is 0 Å². The van der Waals surface area contributed by atoms with Gasteiger partial charge in [0.05, 0.1) is 6.10 Å². The summed E-state index contributed by atoms with van der Waals surface area (Å²) < 4.78 is 0. The molecule has 0 aromatic heterocycles. The van der Waals surface area contributed by atoms with Gasteiger partial charge >= 0.3 is 0 Å². The average Bonchev–Trinajstić information content (AvgIpc) is 2.79. The van der Waals surface area contributed by atoms with Crippen molar-refractivity contribution < 1.29 is 5.11 Å². The molecule has 0 spiro atoms. The third kappa shape index (κ3) is 2.21. The minimum absolute atomic E-state index is 0.117. The minimum Gasteiger partial charge on any atom is -0.391 e. The lowest BCUT2D eigenvalue weighted by molar-refractivity contribution is 0.0127. The van der Waals surface area contributed by atoms with Crippen LogP contribution in [0.15, 0.2) is 0 Å². The Hall–Kier alpha value is -0.120. The first-order chi connectivity index (χ1) is 8.58. The highest BCUT2D eigenvalue weighted by Gasteiger charge is 2.44. The van der Waals surface area contributed by atoms with E-state index in [2.05, 4.69) is 23.6 Å². The molecule has 3 unspecified atom stereocenters. The highest BCUT2D eigenvalue weighted by atomic mass is 16.3. The maximum absolute atomic E-state index is 10.5. The zero-order valence-corrected chi connectivity index (χ0v) is 11.9. The Kier molecular flexibility index (Phi) is 3.41. The van der Waals surface area contributed by atoms with Crippen molar-refractivity contribution in [1.29, 1.82) is 0 Å². The van der Waals surface area contributed by atoms with Gasteiger partial charge in [-0.25, -0.2) is 0 Å². The molecule has 0 aromatic rings. The van der Waals surface area contributed by atoms with E-state index in [4.69, 9.17) is 0 Å². The van der Waals surface area contributed by atoms with Gasteiger partial charge in [0, 0.05) is 18.6 Å². The maximum Gasteiger partial charge on any atom is 0.0746 e. The van der Waals surface area contributed by atoms with E-state index in [-0.39, 0.29) is 11.5 Å². The standard InChI is InChI=1S/C15H28N2O/c1-15(2)7-6-13(14(15)18)17-10-4-9-16-8-3-5-12(16)11-17/h12-14,18H,3-11H2,1-2H3. The summed E-state index contributed by atoms with van der Waals surface area (Å²) in [5, 5.41) is 10.5. The van der Waals surface area contributed by atoms with Crippen molar-refractivity contribution in [1.82, 2.24) is 9.80 Å². The van der Waals surface area contributed by atoms with Crippen molar-refractivity contribution in [3.8, 4) is 0 Å². The monoisotopic (exact) mass is 252 g/mol. The van der Waals surface area contributed by atoms with Gasteiger partial charge in [0.1, 0.15) is 0 Å². The van der Waals surface area contributed by atoms with Crippen LogP contribution in [0.1, 0.15) is 46.0 Å². The Morgan fingerprint density at radius 1 is 1.00 bits per heavy atom. The van der Waals surface area contributed by atoms with Crippen molar-refractivity contribution >= 4 is 0 Å². The van der Waals surface area contributed by atoms with E-state index < -0.39 is 0 Å². The number of aliphatic hydroxyl groups excluding tert-OH is 1. The van der Waals surface area contributed by atoms with Gasteiger partial charge in [0.25, 0.3) is 0 Å². The zero-order chi connectivity index (χ0) is 12.8. The fourth-order valence-electron chi connectivity index (χ4n) is 4.27. The number of aliphatic hydroxyl groups is 1. The van der Waals surface area contributed by atoms with Gasteiger partial charge in [0.2, 0.25) is 0 Å². The number of rotatable bonds is 1. The highest BCUT2D eigenvalue weighted by molar-refractivity contribution is 4.98. The van der Waals surface area contributed by atoms with Gasteiger partial charge in [-0.3, -0.25) is 9.80 Å². The summed E-state index contributed by atoms with van der Waals surface area (Å²) in [6.45, 7) is 9.39. The average molecular weight is 252 g/mol. The van der Waals surface area contributed by atoms with Crippen LogP contribution in [0.5, 0.6) is 0 Å². The predicted octanol–water partition coefficient (Wildman–Crippen LogP) is 1.71. The molecule has 3 fully saturated rings. The second-order valence-electron chi connectivity index (χ2n) is 7.22. The molecule has 1 aliphatic carbocycles. The van der Waals surface area contributed by atoms with Crippen LogP contribution in [-0.4, -0.2) is 59.3 Å². The summed E-state index contributed by atoms with van der Waals surface area (Å²) >= 11 is 0. The lowest BCUT2D eigenvalue weighted by atomic mass is 9.88. The fraction of sp³-hybridized carbons (Fsp3) is 1.00. The Morgan fingerprint density at radius 2 is 1.72 bits per heavy atom. The molecular weight excluding hydrogens is 224 g/mol. The topological polar surface area (TPSA) is 26.7 Å². The van der Waals surface area contributed by atoms with Crippen LogP contribution in [0.2, 0.25) is 0 Å². The van der Waals surface area contributed by atoms with Crippen molar-refractivity contribution in [3.05, 3.63) is 0 Å². The van der Waals surface area contributed by atoms with Crippen molar-refractivity contribution in [2.45, 2.75) is 64.1 Å². The molecule has 2 aliphatic heterocycles. The molecule has 3 atom stereocenters. The summed E-state index contributed by atoms with van der Waals surface area (Å²) in [6, 6.07) is 1.18. The minimum atomic E-state index is -0.134. The Labute approximate surface area is 111 Å². The molecule has 3 rings (SSSR count). The fourth-order valence-corrected chi connectivity index (χ4v) is 4.27. The van der Waals surface area contributed by atoms with E-state index in [1.54, 1.807) is 0 Å². The first kappa shape index (κ1) is 12.9. The van der Waals surface area contributed by atoms with Gasteiger partial charge in [0.15, 0.2) is 0 Å². The Balaban J connectivity index is 1.69. The van der Waals surface area contributed by atoms with Crippen LogP contribution < -0.4 is 0 Å². The summed E-state index contributed by atoms with van der Waals surface area (Å²) in [4.78, 5) is 5.28. The molecule has 2 heterocycles. The van der Waals surface area contributed by atoms with Crippen molar-refractivity contribution in [2.24, 2.45) is 5.41 Å². The molecule has 3 nitrogen and oxygen atoms in total. The smallest absolute Gasteiger partial charge is 0.0746 e. The van der Waals surface area contributed by atoms with E-state index in [1.807, 2.05) is 0 Å². The number of nitrogens with zero attached hydrogens (tertiary/aromatic N) is 2. The van der Waals surface area contributed by atoms with Crippen LogP contribution in [0.4, 0.5) is 0 Å². The molecule has 2 saturated heterocycles. The summed E-state index contributed by atoms with van der Waals surface area (Å²) in [5.74, 6) is 0. The van der Waals surface area contributed by atoms with Gasteiger partial charge in [-0.15, -0.1) is 0 Å². The summed E-state index contributed by atoms with van der Waals surface area (Å²) in [5.41, 5.74) is 0.117. The molecule has 0 radical (unpaired) electrons. The second kappa shape index (κ2) is 4.77. The predicted molar refractivity (Wildman–Crippen MR) is 73.6 cm³/mol. The zero-order valence-electron chi connectivity index (χ0n) is 11.9. The van der Waals surface area contributed by atoms with Gasteiger partial charge in [-0.1, -0.05) is 13.8 Å². The van der Waals surface area contributed by atoms with Crippen LogP contribution in [-0.2, 0) is 0 Å². The van der Waals surface area contributed by atoms with E-state index in [1.165, 1.54) is 58.3 Å². The SMILES string of the molecule is CC1(C)CCC(N2CCCN3CCCC3C2)C1O. The third-order valence-corrected chi connectivity index (χ3v) is 5.55. The normalized spacial score (nSPS) is 41.8. The van der Waals surface area contributed by atoms with Crippen LogP contribution in [0, 0.1) is 5.41 Å².